The third-order valence-electron chi connectivity index (χ3n) is 2.31. The Hall–Kier alpha value is -1.11. The first-order valence-corrected chi connectivity index (χ1v) is 8.24. The van der Waals surface area contributed by atoms with E-state index in [1.165, 1.54) is 23.1 Å². The molecule has 0 fully saturated rings. The Kier molecular flexibility index (Phi) is 5.39. The number of aromatic nitrogens is 2. The summed E-state index contributed by atoms with van der Waals surface area (Å²) in [6, 6.07) is 7.22. The van der Waals surface area contributed by atoms with E-state index in [9.17, 15) is 4.79 Å². The molecule has 0 bridgehead atoms. The van der Waals surface area contributed by atoms with Crippen LogP contribution in [-0.4, -0.2) is 27.8 Å². The van der Waals surface area contributed by atoms with Gasteiger partial charge in [-0.2, -0.15) is 0 Å². The van der Waals surface area contributed by atoms with Gasteiger partial charge >= 0.3 is 0 Å². The summed E-state index contributed by atoms with van der Waals surface area (Å²) in [7, 11) is 0. The Balaban J connectivity index is 1.90. The van der Waals surface area contributed by atoms with Crippen molar-refractivity contribution < 1.29 is 4.79 Å². The van der Waals surface area contributed by atoms with Crippen LogP contribution in [0.3, 0.4) is 0 Å². The molecular weight excluding hydrogens is 314 g/mol. The first kappa shape index (κ1) is 15.3. The molecule has 1 aromatic heterocycles. The maximum atomic E-state index is 12.0. The van der Waals surface area contributed by atoms with E-state index >= 15 is 0 Å². The molecule has 0 saturated heterocycles. The molecule has 7 heteroatoms. The number of ketones is 1. The molecule has 20 heavy (non-hydrogen) atoms. The fourth-order valence-electron chi connectivity index (χ4n) is 1.42. The average molecular weight is 328 g/mol. The van der Waals surface area contributed by atoms with Gasteiger partial charge in [0, 0.05) is 16.6 Å². The monoisotopic (exact) mass is 327 g/mol. The van der Waals surface area contributed by atoms with Gasteiger partial charge in [0.15, 0.2) is 10.1 Å². The van der Waals surface area contributed by atoms with Crippen LogP contribution in [0.5, 0.6) is 0 Å². The SMILES string of the molecule is CC(C)Nc1nnc(SCC(=O)c2ccc(Cl)cc2)s1. The Bertz CT molecular complexity index is 584. The van der Waals surface area contributed by atoms with Gasteiger partial charge < -0.3 is 5.32 Å². The predicted octanol–water partition coefficient (Wildman–Crippen LogP) is 3.99. The minimum Gasteiger partial charge on any atom is -0.358 e. The van der Waals surface area contributed by atoms with Gasteiger partial charge in [-0.05, 0) is 38.1 Å². The molecule has 2 aromatic rings. The normalized spacial score (nSPS) is 10.8. The van der Waals surface area contributed by atoms with E-state index in [-0.39, 0.29) is 5.78 Å². The van der Waals surface area contributed by atoms with Gasteiger partial charge in [-0.3, -0.25) is 4.79 Å². The van der Waals surface area contributed by atoms with Gasteiger partial charge in [0.05, 0.1) is 5.75 Å². The summed E-state index contributed by atoms with van der Waals surface area (Å²) in [5.41, 5.74) is 0.659. The molecule has 106 valence electrons. The Morgan fingerprint density at radius 2 is 2.05 bits per heavy atom. The zero-order valence-corrected chi connectivity index (χ0v) is 13.5. The van der Waals surface area contributed by atoms with Crippen molar-refractivity contribution in [2.75, 3.05) is 11.1 Å². The van der Waals surface area contributed by atoms with E-state index in [0.717, 1.165) is 9.47 Å². The van der Waals surface area contributed by atoms with Crippen molar-refractivity contribution >= 4 is 45.6 Å². The summed E-state index contributed by atoms with van der Waals surface area (Å²) in [5.74, 6) is 0.401. The Labute approximate surface area is 130 Å². The van der Waals surface area contributed by atoms with Crippen LogP contribution in [0.25, 0.3) is 0 Å². The van der Waals surface area contributed by atoms with Gasteiger partial charge in [0.25, 0.3) is 0 Å². The van der Waals surface area contributed by atoms with Crippen LogP contribution in [0.4, 0.5) is 5.13 Å². The molecular formula is C13H14ClN3OS2. The highest BCUT2D eigenvalue weighted by atomic mass is 35.5. The second-order valence-electron chi connectivity index (χ2n) is 4.39. The van der Waals surface area contributed by atoms with Crippen molar-refractivity contribution in [3.05, 3.63) is 34.9 Å². The van der Waals surface area contributed by atoms with E-state index in [1.54, 1.807) is 24.3 Å². The van der Waals surface area contributed by atoms with Crippen LogP contribution >= 0.6 is 34.7 Å². The van der Waals surface area contributed by atoms with E-state index in [2.05, 4.69) is 15.5 Å². The third-order valence-corrected chi connectivity index (χ3v) is 4.55. The predicted molar refractivity (Wildman–Crippen MR) is 85.2 cm³/mol. The summed E-state index contributed by atoms with van der Waals surface area (Å²) in [6.07, 6.45) is 0. The fraction of sp³-hybridized carbons (Fsp3) is 0.308. The summed E-state index contributed by atoms with van der Waals surface area (Å²) in [6.45, 7) is 4.08. The average Bonchev–Trinajstić information content (AvgIpc) is 2.83. The summed E-state index contributed by atoms with van der Waals surface area (Å²) < 4.78 is 0.787. The van der Waals surface area contributed by atoms with Crippen molar-refractivity contribution in [2.45, 2.75) is 24.2 Å². The zero-order valence-electron chi connectivity index (χ0n) is 11.1. The topological polar surface area (TPSA) is 54.9 Å². The largest absolute Gasteiger partial charge is 0.358 e. The molecule has 1 aromatic carbocycles. The summed E-state index contributed by atoms with van der Waals surface area (Å²) >= 11 is 8.65. The van der Waals surface area contributed by atoms with Gasteiger partial charge in [-0.15, -0.1) is 10.2 Å². The highest BCUT2D eigenvalue weighted by molar-refractivity contribution is 8.01. The number of thioether (sulfide) groups is 1. The van der Waals surface area contributed by atoms with E-state index < -0.39 is 0 Å². The summed E-state index contributed by atoms with van der Waals surface area (Å²) in [4.78, 5) is 12.0. The number of hydrogen-bond acceptors (Lipinski definition) is 6. The molecule has 0 radical (unpaired) electrons. The first-order valence-electron chi connectivity index (χ1n) is 6.06. The lowest BCUT2D eigenvalue weighted by Crippen LogP contribution is -2.08. The molecule has 0 unspecified atom stereocenters. The van der Waals surface area contributed by atoms with Crippen LogP contribution < -0.4 is 5.32 Å². The van der Waals surface area contributed by atoms with Crippen molar-refractivity contribution in [1.82, 2.24) is 10.2 Å². The van der Waals surface area contributed by atoms with Crippen molar-refractivity contribution in [2.24, 2.45) is 0 Å². The standard InChI is InChI=1S/C13H14ClN3OS2/c1-8(2)15-12-16-17-13(20-12)19-7-11(18)9-3-5-10(14)6-4-9/h3-6,8H,7H2,1-2H3,(H,15,16). The van der Waals surface area contributed by atoms with Gasteiger partial charge in [0.1, 0.15) is 0 Å². The lowest BCUT2D eigenvalue weighted by atomic mass is 10.1. The van der Waals surface area contributed by atoms with Crippen LogP contribution in [-0.2, 0) is 0 Å². The molecule has 1 heterocycles. The number of benzene rings is 1. The van der Waals surface area contributed by atoms with Crippen molar-refractivity contribution in [1.29, 1.82) is 0 Å². The fourth-order valence-corrected chi connectivity index (χ4v) is 3.34. The molecule has 0 atom stereocenters. The Morgan fingerprint density at radius 1 is 1.35 bits per heavy atom. The minimum absolute atomic E-state index is 0.0558. The van der Waals surface area contributed by atoms with E-state index in [0.29, 0.717) is 22.4 Å². The van der Waals surface area contributed by atoms with Gasteiger partial charge in [-0.25, -0.2) is 0 Å². The van der Waals surface area contributed by atoms with Crippen LogP contribution in [0.1, 0.15) is 24.2 Å². The second kappa shape index (κ2) is 7.06. The maximum absolute atomic E-state index is 12.0. The number of rotatable bonds is 6. The summed E-state index contributed by atoms with van der Waals surface area (Å²) in [5, 5.41) is 12.7. The number of hydrogen-bond donors (Lipinski definition) is 1. The van der Waals surface area contributed by atoms with Crippen LogP contribution in [0, 0.1) is 0 Å². The van der Waals surface area contributed by atoms with Gasteiger partial charge in [0.2, 0.25) is 5.13 Å². The highest BCUT2D eigenvalue weighted by Crippen LogP contribution is 2.26. The van der Waals surface area contributed by atoms with E-state index in [1.807, 2.05) is 13.8 Å². The smallest absolute Gasteiger partial charge is 0.206 e. The number of carbonyl (C=O) groups excluding carboxylic acids is 1. The molecule has 0 amide bonds. The van der Waals surface area contributed by atoms with Crippen molar-refractivity contribution in [3.63, 3.8) is 0 Å². The molecule has 2 rings (SSSR count). The van der Waals surface area contributed by atoms with Gasteiger partial charge in [-0.1, -0.05) is 34.7 Å². The molecule has 0 saturated carbocycles. The van der Waals surface area contributed by atoms with Crippen LogP contribution in [0.15, 0.2) is 28.6 Å². The number of Topliss-reactive ketones (excluding diaryl/α,β-unsaturated/α-hetero) is 1. The molecule has 4 nitrogen and oxygen atoms in total. The number of nitrogens with one attached hydrogen (secondary N) is 1. The zero-order chi connectivity index (χ0) is 14.5. The number of carbonyl (C=O) groups is 1. The minimum atomic E-state index is 0.0558. The van der Waals surface area contributed by atoms with Crippen LogP contribution in [0.2, 0.25) is 5.02 Å². The third kappa shape index (κ3) is 4.47. The number of nitrogens with zero attached hydrogens (tertiary/aromatic N) is 2. The first-order chi connectivity index (χ1) is 9.54. The maximum Gasteiger partial charge on any atom is 0.206 e. The molecule has 0 spiro atoms. The quantitative estimate of drug-likeness (QED) is 0.642. The Morgan fingerprint density at radius 3 is 2.70 bits per heavy atom. The molecule has 1 N–H and O–H groups in total. The highest BCUT2D eigenvalue weighted by Gasteiger charge is 2.10. The molecule has 0 aliphatic heterocycles. The van der Waals surface area contributed by atoms with E-state index in [4.69, 9.17) is 11.6 Å². The molecule has 0 aliphatic rings. The molecule has 0 aliphatic carbocycles. The number of halogens is 1. The lowest BCUT2D eigenvalue weighted by Gasteiger charge is -2.03. The second-order valence-corrected chi connectivity index (χ2v) is 7.03. The lowest BCUT2D eigenvalue weighted by molar-refractivity contribution is 0.102. The number of anilines is 1. The van der Waals surface area contributed by atoms with Crippen molar-refractivity contribution in [3.8, 4) is 0 Å².